The van der Waals surface area contributed by atoms with Crippen LogP contribution in [-0.4, -0.2) is 24.5 Å². The van der Waals surface area contributed by atoms with Crippen molar-refractivity contribution in [1.82, 2.24) is 5.32 Å². The number of para-hydroxylation sites is 1. The summed E-state index contributed by atoms with van der Waals surface area (Å²) in [6, 6.07) is 11.5. The van der Waals surface area contributed by atoms with Crippen molar-refractivity contribution in [3.05, 3.63) is 63.7 Å². The number of carbonyl (C=O) groups is 1. The van der Waals surface area contributed by atoms with Crippen LogP contribution in [0.5, 0.6) is 11.5 Å². The van der Waals surface area contributed by atoms with Crippen LogP contribution in [0.2, 0.25) is 0 Å². The summed E-state index contributed by atoms with van der Waals surface area (Å²) in [5.41, 5.74) is 0.879. The lowest BCUT2D eigenvalue weighted by Crippen LogP contribution is -2.32. The fourth-order valence-corrected chi connectivity index (χ4v) is 2.71. The SMILES string of the molecule is COc1ccc(C(=O)NC2CCOc3ccccc32)cc1[N+](=O)[O-]. The molecule has 1 N–H and O–H groups in total. The van der Waals surface area contributed by atoms with E-state index in [4.69, 9.17) is 9.47 Å². The monoisotopic (exact) mass is 328 g/mol. The number of hydrogen-bond donors (Lipinski definition) is 1. The van der Waals surface area contributed by atoms with Gasteiger partial charge in [0.05, 0.1) is 24.7 Å². The molecule has 2 aromatic carbocycles. The van der Waals surface area contributed by atoms with Gasteiger partial charge in [-0.25, -0.2) is 0 Å². The third-order valence-corrected chi connectivity index (χ3v) is 3.90. The summed E-state index contributed by atoms with van der Waals surface area (Å²) in [5.74, 6) is 0.491. The van der Waals surface area contributed by atoms with E-state index in [1.807, 2.05) is 24.3 Å². The Balaban J connectivity index is 1.84. The Morgan fingerprint density at radius 1 is 1.33 bits per heavy atom. The normalized spacial score (nSPS) is 15.8. The topological polar surface area (TPSA) is 90.7 Å². The van der Waals surface area contributed by atoms with E-state index in [1.165, 1.54) is 25.3 Å². The van der Waals surface area contributed by atoms with Crippen molar-refractivity contribution < 1.29 is 19.2 Å². The van der Waals surface area contributed by atoms with Crippen molar-refractivity contribution in [1.29, 1.82) is 0 Å². The average Bonchev–Trinajstić information content (AvgIpc) is 2.61. The van der Waals surface area contributed by atoms with E-state index >= 15 is 0 Å². The highest BCUT2D eigenvalue weighted by atomic mass is 16.6. The Morgan fingerprint density at radius 3 is 2.88 bits per heavy atom. The first-order chi connectivity index (χ1) is 11.6. The molecule has 7 heteroatoms. The van der Waals surface area contributed by atoms with Crippen LogP contribution in [-0.2, 0) is 0 Å². The fraction of sp³-hybridized carbons (Fsp3) is 0.235. The van der Waals surface area contributed by atoms with Crippen molar-refractivity contribution in [3.8, 4) is 11.5 Å². The van der Waals surface area contributed by atoms with Gasteiger partial charge in [-0.15, -0.1) is 0 Å². The van der Waals surface area contributed by atoms with Crippen molar-refractivity contribution >= 4 is 11.6 Å². The summed E-state index contributed by atoms with van der Waals surface area (Å²) in [6.07, 6.45) is 0.640. The molecule has 1 atom stereocenters. The quantitative estimate of drug-likeness (QED) is 0.688. The Hall–Kier alpha value is -3.09. The number of hydrogen-bond acceptors (Lipinski definition) is 5. The zero-order chi connectivity index (χ0) is 17.1. The van der Waals surface area contributed by atoms with Gasteiger partial charge in [-0.1, -0.05) is 18.2 Å². The number of nitro groups is 1. The molecule has 1 aliphatic rings. The van der Waals surface area contributed by atoms with E-state index in [0.717, 1.165) is 11.3 Å². The number of ether oxygens (including phenoxy) is 2. The highest BCUT2D eigenvalue weighted by molar-refractivity contribution is 5.95. The fourth-order valence-electron chi connectivity index (χ4n) is 2.71. The molecule has 1 amide bonds. The molecule has 1 aliphatic heterocycles. The zero-order valence-corrected chi connectivity index (χ0v) is 13.0. The van der Waals surface area contributed by atoms with Gasteiger partial charge in [-0.3, -0.25) is 14.9 Å². The van der Waals surface area contributed by atoms with Crippen LogP contribution in [0.3, 0.4) is 0 Å². The molecule has 1 heterocycles. The van der Waals surface area contributed by atoms with Crippen LogP contribution in [0.4, 0.5) is 5.69 Å². The number of benzene rings is 2. The summed E-state index contributed by atoms with van der Waals surface area (Å²) < 4.78 is 10.5. The molecule has 0 aromatic heterocycles. The molecular formula is C17H16N2O5. The van der Waals surface area contributed by atoms with Gasteiger partial charge in [-0.05, 0) is 18.2 Å². The second kappa shape index (κ2) is 6.57. The highest BCUT2D eigenvalue weighted by Gasteiger charge is 2.24. The van der Waals surface area contributed by atoms with Gasteiger partial charge < -0.3 is 14.8 Å². The minimum Gasteiger partial charge on any atom is -0.493 e. The van der Waals surface area contributed by atoms with Crippen LogP contribution < -0.4 is 14.8 Å². The van der Waals surface area contributed by atoms with Gasteiger partial charge in [-0.2, -0.15) is 0 Å². The van der Waals surface area contributed by atoms with Crippen molar-refractivity contribution in [2.75, 3.05) is 13.7 Å². The van der Waals surface area contributed by atoms with Gasteiger partial charge in [0.1, 0.15) is 5.75 Å². The van der Waals surface area contributed by atoms with Gasteiger partial charge >= 0.3 is 5.69 Å². The maximum Gasteiger partial charge on any atom is 0.311 e. The van der Waals surface area contributed by atoms with E-state index in [2.05, 4.69) is 5.32 Å². The number of nitrogens with one attached hydrogen (secondary N) is 1. The molecule has 124 valence electrons. The summed E-state index contributed by atoms with van der Waals surface area (Å²) >= 11 is 0. The predicted molar refractivity (Wildman–Crippen MR) is 86.4 cm³/mol. The third-order valence-electron chi connectivity index (χ3n) is 3.90. The summed E-state index contributed by atoms with van der Waals surface area (Å²) in [5, 5.41) is 14.0. The minimum atomic E-state index is -0.570. The standard InChI is InChI=1S/C17H16N2O5/c1-23-16-7-6-11(10-14(16)19(21)22)17(20)18-13-8-9-24-15-5-3-2-4-12(13)15/h2-7,10,13H,8-9H2,1H3,(H,18,20). The molecule has 0 fully saturated rings. The van der Waals surface area contributed by atoms with E-state index in [1.54, 1.807) is 0 Å². The number of fused-ring (bicyclic) bond motifs is 1. The molecule has 7 nitrogen and oxygen atoms in total. The third kappa shape index (κ3) is 3.01. The summed E-state index contributed by atoms with van der Waals surface area (Å²) in [4.78, 5) is 23.0. The maximum absolute atomic E-state index is 12.5. The van der Waals surface area contributed by atoms with Gasteiger partial charge in [0.2, 0.25) is 0 Å². The van der Waals surface area contributed by atoms with E-state index < -0.39 is 4.92 Å². The van der Waals surface area contributed by atoms with Crippen LogP contribution in [0.15, 0.2) is 42.5 Å². The molecule has 24 heavy (non-hydrogen) atoms. The second-order valence-corrected chi connectivity index (χ2v) is 5.34. The lowest BCUT2D eigenvalue weighted by molar-refractivity contribution is -0.385. The Kier molecular flexibility index (Phi) is 4.33. The molecule has 0 aliphatic carbocycles. The maximum atomic E-state index is 12.5. The molecule has 0 spiro atoms. The molecule has 0 saturated carbocycles. The molecule has 0 saturated heterocycles. The number of amides is 1. The minimum absolute atomic E-state index is 0.118. The van der Waals surface area contributed by atoms with Crippen LogP contribution in [0.1, 0.15) is 28.4 Å². The number of methoxy groups -OCH3 is 1. The van der Waals surface area contributed by atoms with E-state index in [0.29, 0.717) is 13.0 Å². The summed E-state index contributed by atoms with van der Waals surface area (Å²) in [6.45, 7) is 0.505. The lowest BCUT2D eigenvalue weighted by atomic mass is 10.00. The van der Waals surface area contributed by atoms with Crippen LogP contribution in [0.25, 0.3) is 0 Å². The predicted octanol–water partition coefficient (Wildman–Crippen LogP) is 2.86. The zero-order valence-electron chi connectivity index (χ0n) is 13.0. The van der Waals surface area contributed by atoms with Gasteiger partial charge in [0.15, 0.2) is 5.75 Å². The Morgan fingerprint density at radius 2 is 2.12 bits per heavy atom. The molecule has 2 aromatic rings. The molecule has 0 bridgehead atoms. The molecule has 0 radical (unpaired) electrons. The first-order valence-corrected chi connectivity index (χ1v) is 7.45. The van der Waals surface area contributed by atoms with Crippen LogP contribution >= 0.6 is 0 Å². The van der Waals surface area contributed by atoms with Crippen molar-refractivity contribution in [2.45, 2.75) is 12.5 Å². The average molecular weight is 328 g/mol. The van der Waals surface area contributed by atoms with Crippen molar-refractivity contribution in [3.63, 3.8) is 0 Å². The number of rotatable bonds is 4. The first kappa shape index (κ1) is 15.8. The lowest BCUT2D eigenvalue weighted by Gasteiger charge is -2.26. The second-order valence-electron chi connectivity index (χ2n) is 5.34. The number of carbonyl (C=O) groups excluding carboxylic acids is 1. The van der Waals surface area contributed by atoms with E-state index in [-0.39, 0.29) is 28.9 Å². The number of nitro benzene ring substituents is 1. The largest absolute Gasteiger partial charge is 0.493 e. The highest BCUT2D eigenvalue weighted by Crippen LogP contribution is 2.32. The number of nitrogens with zero attached hydrogens (tertiary/aromatic N) is 1. The van der Waals surface area contributed by atoms with Gasteiger partial charge in [0.25, 0.3) is 5.91 Å². The first-order valence-electron chi connectivity index (χ1n) is 7.45. The Labute approximate surface area is 138 Å². The van der Waals surface area contributed by atoms with Crippen molar-refractivity contribution in [2.24, 2.45) is 0 Å². The summed E-state index contributed by atoms with van der Waals surface area (Å²) in [7, 11) is 1.35. The molecule has 3 rings (SSSR count). The van der Waals surface area contributed by atoms with Crippen LogP contribution in [0, 0.1) is 10.1 Å². The Bertz CT molecular complexity index is 790. The molecule has 1 unspecified atom stereocenters. The van der Waals surface area contributed by atoms with E-state index in [9.17, 15) is 14.9 Å². The molecular weight excluding hydrogens is 312 g/mol. The van der Waals surface area contributed by atoms with Gasteiger partial charge in [0, 0.05) is 23.6 Å². The smallest absolute Gasteiger partial charge is 0.311 e.